The summed E-state index contributed by atoms with van der Waals surface area (Å²) < 4.78 is 25.4. The molecule has 0 spiro atoms. The van der Waals surface area contributed by atoms with E-state index in [0.29, 0.717) is 0 Å². The highest BCUT2D eigenvalue weighted by Gasteiger charge is 2.26. The second-order valence-corrected chi connectivity index (χ2v) is 2.77. The van der Waals surface area contributed by atoms with Gasteiger partial charge in [-0.2, -0.15) is 0 Å². The quantitative estimate of drug-likeness (QED) is 0.634. The third-order valence-electron chi connectivity index (χ3n) is 1.56. The van der Waals surface area contributed by atoms with Crippen LogP contribution in [-0.2, 0) is 5.92 Å². The molecule has 0 aliphatic heterocycles. The number of alkyl halides is 2. The number of rotatable bonds is 2. The summed E-state index contributed by atoms with van der Waals surface area (Å²) in [7, 11) is -1.77. The van der Waals surface area contributed by atoms with E-state index < -0.39 is 13.0 Å². The van der Waals surface area contributed by atoms with Crippen LogP contribution >= 0.6 is 0 Å². The highest BCUT2D eigenvalue weighted by molar-refractivity contribution is 6.58. The van der Waals surface area contributed by atoms with E-state index in [-0.39, 0.29) is 11.0 Å². The van der Waals surface area contributed by atoms with Crippen LogP contribution in [0.25, 0.3) is 0 Å². The van der Waals surface area contributed by atoms with Crippen LogP contribution < -0.4 is 5.46 Å². The highest BCUT2D eigenvalue weighted by Crippen LogP contribution is 2.24. The molecular formula is C7H8BF2NO2. The van der Waals surface area contributed by atoms with Crippen LogP contribution in [0, 0.1) is 0 Å². The standard InChI is InChI=1S/C7H8BF2NO2/c1-7(9,10)5-2-6(8(12)13)4-11-3-5/h2-4,12-13H,1H3. The molecule has 1 rings (SSSR count). The average Bonchev–Trinajstić information content (AvgIpc) is 2.03. The summed E-state index contributed by atoms with van der Waals surface area (Å²) in [5.41, 5.74) is -0.378. The summed E-state index contributed by atoms with van der Waals surface area (Å²) in [4.78, 5) is 3.47. The van der Waals surface area contributed by atoms with E-state index in [2.05, 4.69) is 4.98 Å². The minimum absolute atomic E-state index is 0.0426. The summed E-state index contributed by atoms with van der Waals surface area (Å²) in [6.45, 7) is 0.720. The molecule has 1 aromatic rings. The molecule has 6 heteroatoms. The molecule has 0 atom stereocenters. The lowest BCUT2D eigenvalue weighted by Gasteiger charge is -2.10. The van der Waals surface area contributed by atoms with Crippen molar-refractivity contribution >= 4 is 12.6 Å². The van der Waals surface area contributed by atoms with Gasteiger partial charge >= 0.3 is 7.12 Å². The van der Waals surface area contributed by atoms with E-state index in [1.807, 2.05) is 0 Å². The van der Waals surface area contributed by atoms with Crippen LogP contribution in [0.1, 0.15) is 12.5 Å². The Morgan fingerprint density at radius 1 is 1.38 bits per heavy atom. The zero-order chi connectivity index (χ0) is 10.1. The number of hydrogen-bond acceptors (Lipinski definition) is 3. The molecule has 0 amide bonds. The molecule has 0 fully saturated rings. The molecular weight excluding hydrogens is 179 g/mol. The van der Waals surface area contributed by atoms with Crippen molar-refractivity contribution in [1.82, 2.24) is 4.98 Å². The molecule has 70 valence electrons. The van der Waals surface area contributed by atoms with Gasteiger partial charge in [-0.25, -0.2) is 8.78 Å². The van der Waals surface area contributed by atoms with Crippen molar-refractivity contribution in [1.29, 1.82) is 0 Å². The molecule has 0 aliphatic carbocycles. The minimum atomic E-state index is -3.02. The summed E-state index contributed by atoms with van der Waals surface area (Å²) >= 11 is 0. The van der Waals surface area contributed by atoms with Crippen molar-refractivity contribution in [2.75, 3.05) is 0 Å². The van der Waals surface area contributed by atoms with Gasteiger partial charge in [0.25, 0.3) is 5.92 Å². The van der Waals surface area contributed by atoms with Crippen molar-refractivity contribution in [2.45, 2.75) is 12.8 Å². The van der Waals surface area contributed by atoms with Gasteiger partial charge in [-0.3, -0.25) is 4.98 Å². The SMILES string of the molecule is CC(F)(F)c1cncc(B(O)O)c1. The summed E-state index contributed by atoms with van der Waals surface area (Å²) in [6, 6.07) is 1.01. The van der Waals surface area contributed by atoms with E-state index in [0.717, 1.165) is 25.4 Å². The van der Waals surface area contributed by atoms with Gasteiger partial charge in [-0.15, -0.1) is 0 Å². The minimum Gasteiger partial charge on any atom is -0.423 e. The largest absolute Gasteiger partial charge is 0.490 e. The van der Waals surface area contributed by atoms with Gasteiger partial charge in [0, 0.05) is 30.3 Å². The fraction of sp³-hybridized carbons (Fsp3) is 0.286. The van der Waals surface area contributed by atoms with E-state index in [1.165, 1.54) is 0 Å². The van der Waals surface area contributed by atoms with Crippen LogP contribution in [0.4, 0.5) is 8.78 Å². The van der Waals surface area contributed by atoms with Gasteiger partial charge in [-0.05, 0) is 0 Å². The Morgan fingerprint density at radius 2 is 2.00 bits per heavy atom. The first-order chi connectivity index (χ1) is 5.91. The van der Waals surface area contributed by atoms with Crippen LogP contribution in [0.3, 0.4) is 0 Å². The second kappa shape index (κ2) is 3.39. The highest BCUT2D eigenvalue weighted by atomic mass is 19.3. The summed E-state index contributed by atoms with van der Waals surface area (Å²) in [6.07, 6.45) is 2.12. The molecule has 0 saturated heterocycles. The lowest BCUT2D eigenvalue weighted by Crippen LogP contribution is -2.31. The van der Waals surface area contributed by atoms with E-state index >= 15 is 0 Å². The van der Waals surface area contributed by atoms with E-state index in [1.54, 1.807) is 0 Å². The maximum atomic E-state index is 12.7. The Bertz CT molecular complexity index is 301. The number of aromatic nitrogens is 1. The lowest BCUT2D eigenvalue weighted by atomic mass is 9.81. The number of pyridine rings is 1. The molecule has 0 saturated carbocycles. The molecule has 1 heterocycles. The van der Waals surface area contributed by atoms with Gasteiger partial charge in [0.05, 0.1) is 0 Å². The Hall–Kier alpha value is -1.01. The third kappa shape index (κ3) is 2.47. The second-order valence-electron chi connectivity index (χ2n) is 2.77. The zero-order valence-electron chi connectivity index (χ0n) is 6.91. The third-order valence-corrected chi connectivity index (χ3v) is 1.56. The van der Waals surface area contributed by atoms with Crippen LogP contribution in [0.15, 0.2) is 18.5 Å². The topological polar surface area (TPSA) is 53.4 Å². The fourth-order valence-corrected chi connectivity index (χ4v) is 0.839. The van der Waals surface area contributed by atoms with E-state index in [4.69, 9.17) is 10.0 Å². The van der Waals surface area contributed by atoms with E-state index in [9.17, 15) is 8.78 Å². The molecule has 0 bridgehead atoms. The van der Waals surface area contributed by atoms with Gasteiger partial charge in [0.15, 0.2) is 0 Å². The smallest absolute Gasteiger partial charge is 0.423 e. The number of hydrogen-bond donors (Lipinski definition) is 2. The van der Waals surface area contributed by atoms with Crippen molar-refractivity contribution in [3.05, 3.63) is 24.0 Å². The molecule has 0 aliphatic rings. The average molecular weight is 187 g/mol. The van der Waals surface area contributed by atoms with Crippen molar-refractivity contribution in [2.24, 2.45) is 0 Å². The Labute approximate surface area is 74.2 Å². The van der Waals surface area contributed by atoms with Crippen molar-refractivity contribution in [3.8, 4) is 0 Å². The Balaban J connectivity index is 3.06. The van der Waals surface area contributed by atoms with Crippen LogP contribution in [-0.4, -0.2) is 22.2 Å². The first-order valence-corrected chi connectivity index (χ1v) is 3.60. The maximum Gasteiger partial charge on any atom is 0.490 e. The molecule has 0 radical (unpaired) electrons. The normalized spacial score (nSPS) is 11.5. The first kappa shape index (κ1) is 10.1. The lowest BCUT2D eigenvalue weighted by molar-refractivity contribution is 0.0172. The summed E-state index contributed by atoms with van der Waals surface area (Å²) in [5.74, 6) is -3.02. The molecule has 2 N–H and O–H groups in total. The Kier molecular flexibility index (Phi) is 2.63. The van der Waals surface area contributed by atoms with Crippen LogP contribution in [0.5, 0.6) is 0 Å². The molecule has 0 aromatic carbocycles. The Morgan fingerprint density at radius 3 is 2.46 bits per heavy atom. The zero-order valence-corrected chi connectivity index (χ0v) is 6.91. The van der Waals surface area contributed by atoms with Crippen molar-refractivity contribution < 1.29 is 18.8 Å². The van der Waals surface area contributed by atoms with Gasteiger partial charge < -0.3 is 10.0 Å². The number of nitrogens with zero attached hydrogens (tertiary/aromatic N) is 1. The molecule has 0 unspecified atom stereocenters. The van der Waals surface area contributed by atoms with Gasteiger partial charge in [0.1, 0.15) is 0 Å². The monoisotopic (exact) mass is 187 g/mol. The molecule has 3 nitrogen and oxygen atoms in total. The van der Waals surface area contributed by atoms with Crippen LogP contribution in [0.2, 0.25) is 0 Å². The van der Waals surface area contributed by atoms with Crippen molar-refractivity contribution in [3.63, 3.8) is 0 Å². The maximum absolute atomic E-state index is 12.7. The number of halogens is 2. The molecule has 13 heavy (non-hydrogen) atoms. The molecule has 1 aromatic heterocycles. The van der Waals surface area contributed by atoms with Gasteiger partial charge in [0.2, 0.25) is 0 Å². The predicted molar refractivity (Wildman–Crippen MR) is 43.6 cm³/mol. The van der Waals surface area contributed by atoms with Gasteiger partial charge in [-0.1, -0.05) is 6.07 Å². The first-order valence-electron chi connectivity index (χ1n) is 3.60. The predicted octanol–water partition coefficient (Wildman–Crippen LogP) is -0.127. The fourth-order valence-electron chi connectivity index (χ4n) is 0.839. The summed E-state index contributed by atoms with van der Waals surface area (Å²) in [5, 5.41) is 17.4.